The van der Waals surface area contributed by atoms with Crippen molar-refractivity contribution in [3.8, 4) is 5.75 Å². The zero-order chi connectivity index (χ0) is 22.5. The van der Waals surface area contributed by atoms with Gasteiger partial charge in [-0.2, -0.15) is 15.0 Å². The lowest BCUT2D eigenvalue weighted by atomic mass is 9.89. The normalized spacial score (nSPS) is 20.6. The molecule has 5 rings (SSSR count). The summed E-state index contributed by atoms with van der Waals surface area (Å²) in [5.74, 6) is 2.86. The van der Waals surface area contributed by atoms with Gasteiger partial charge in [0.2, 0.25) is 24.7 Å². The van der Waals surface area contributed by atoms with Crippen LogP contribution in [0.1, 0.15) is 38.5 Å². The van der Waals surface area contributed by atoms with E-state index in [9.17, 15) is 4.39 Å². The first-order chi connectivity index (χ1) is 16.3. The van der Waals surface area contributed by atoms with Crippen LogP contribution in [-0.2, 0) is 0 Å². The first-order valence-electron chi connectivity index (χ1n) is 12.0. The van der Waals surface area contributed by atoms with Crippen molar-refractivity contribution in [3.05, 3.63) is 36.5 Å². The Bertz CT molecular complexity index is 966. The molecule has 1 atom stereocenters. The van der Waals surface area contributed by atoms with Crippen molar-refractivity contribution in [1.82, 2.24) is 19.9 Å². The molecule has 0 radical (unpaired) electrons. The predicted octanol–water partition coefficient (Wildman–Crippen LogP) is 4.32. The smallest absolute Gasteiger partial charge is 0.233 e. The number of ether oxygens (including phenoxy) is 1. The number of halogens is 1. The van der Waals surface area contributed by atoms with E-state index in [2.05, 4.69) is 37.7 Å². The molecule has 3 aliphatic rings. The number of nitrogens with zero attached hydrogens (tertiary/aromatic N) is 5. The summed E-state index contributed by atoms with van der Waals surface area (Å²) in [4.78, 5) is 18.8. The highest BCUT2D eigenvalue weighted by Crippen LogP contribution is 2.27. The second-order valence-electron chi connectivity index (χ2n) is 9.03. The fourth-order valence-corrected chi connectivity index (χ4v) is 4.93. The molecule has 1 aromatic heterocycles. The van der Waals surface area contributed by atoms with E-state index in [4.69, 9.17) is 14.7 Å². The molecule has 3 heterocycles. The van der Waals surface area contributed by atoms with E-state index in [1.807, 2.05) is 12.1 Å². The second kappa shape index (κ2) is 10.2. The number of aromatic nitrogens is 3. The van der Waals surface area contributed by atoms with Crippen molar-refractivity contribution in [3.63, 3.8) is 0 Å². The van der Waals surface area contributed by atoms with Crippen molar-refractivity contribution in [2.75, 3.05) is 48.6 Å². The number of hydrogen-bond acceptors (Lipinski definition) is 8. The van der Waals surface area contributed by atoms with Gasteiger partial charge in [0.15, 0.2) is 0 Å². The van der Waals surface area contributed by atoms with Crippen molar-refractivity contribution >= 4 is 23.5 Å². The molecule has 1 saturated heterocycles. The van der Waals surface area contributed by atoms with Crippen LogP contribution in [0.4, 0.5) is 27.9 Å². The van der Waals surface area contributed by atoms with E-state index in [0.29, 0.717) is 35.6 Å². The van der Waals surface area contributed by atoms with Gasteiger partial charge < -0.3 is 25.2 Å². The lowest BCUT2D eigenvalue weighted by molar-refractivity contribution is 0.192. The average molecular weight is 454 g/mol. The standard InChI is InChI=1S/C24H32FN7O/c25-17-33-21-10-4-8-19(14-21)27-23-28-22(26-15-18-6-2-1-3-7-18)29-24(30-23)32-13-12-31-11-5-9-20(31)16-32/h4-5,8,10-11,14,18,20H,1-3,6-7,9,12-13,15-17H2,(H2,26,27,28,29,30). The van der Waals surface area contributed by atoms with Gasteiger partial charge in [-0.05, 0) is 43.5 Å². The van der Waals surface area contributed by atoms with E-state index in [-0.39, 0.29) is 0 Å². The fourth-order valence-electron chi connectivity index (χ4n) is 4.93. The van der Waals surface area contributed by atoms with Gasteiger partial charge in [-0.3, -0.25) is 0 Å². The van der Waals surface area contributed by atoms with Gasteiger partial charge in [-0.1, -0.05) is 31.4 Å². The number of alkyl halides is 1. The van der Waals surface area contributed by atoms with Crippen LogP contribution in [0.25, 0.3) is 0 Å². The minimum absolute atomic E-state index is 0.456. The molecule has 1 unspecified atom stereocenters. The maximum Gasteiger partial charge on any atom is 0.233 e. The molecule has 8 nitrogen and oxygen atoms in total. The van der Waals surface area contributed by atoms with Gasteiger partial charge >= 0.3 is 0 Å². The lowest BCUT2D eigenvalue weighted by Crippen LogP contribution is -2.49. The van der Waals surface area contributed by atoms with E-state index in [1.165, 1.54) is 32.1 Å². The Morgan fingerprint density at radius 2 is 1.94 bits per heavy atom. The maximum atomic E-state index is 12.6. The zero-order valence-corrected chi connectivity index (χ0v) is 18.9. The van der Waals surface area contributed by atoms with E-state index < -0.39 is 6.86 Å². The Balaban J connectivity index is 1.35. The van der Waals surface area contributed by atoms with Crippen LogP contribution >= 0.6 is 0 Å². The topological polar surface area (TPSA) is 78.4 Å². The van der Waals surface area contributed by atoms with Gasteiger partial charge in [-0.15, -0.1) is 0 Å². The number of nitrogens with one attached hydrogen (secondary N) is 2. The first kappa shape index (κ1) is 21.7. The van der Waals surface area contributed by atoms with Crippen LogP contribution < -0.4 is 20.3 Å². The third-order valence-electron chi connectivity index (χ3n) is 6.72. The van der Waals surface area contributed by atoms with Crippen LogP contribution in [0.2, 0.25) is 0 Å². The van der Waals surface area contributed by atoms with Gasteiger partial charge in [0.1, 0.15) is 5.75 Å². The Hall–Kier alpha value is -3.10. The number of benzene rings is 1. The molecule has 1 saturated carbocycles. The van der Waals surface area contributed by atoms with Crippen LogP contribution in [0.5, 0.6) is 5.75 Å². The molecule has 9 heteroatoms. The number of piperazine rings is 1. The van der Waals surface area contributed by atoms with Crippen molar-refractivity contribution in [2.45, 2.75) is 44.6 Å². The second-order valence-corrected chi connectivity index (χ2v) is 9.03. The molecule has 0 spiro atoms. The van der Waals surface area contributed by atoms with Crippen LogP contribution in [0.3, 0.4) is 0 Å². The molecule has 1 aliphatic carbocycles. The number of hydrogen-bond donors (Lipinski definition) is 2. The molecule has 0 amide bonds. The molecule has 0 bridgehead atoms. The predicted molar refractivity (Wildman–Crippen MR) is 128 cm³/mol. The van der Waals surface area contributed by atoms with Gasteiger partial charge in [0.05, 0.1) is 0 Å². The number of anilines is 4. The van der Waals surface area contributed by atoms with Crippen LogP contribution in [0.15, 0.2) is 36.5 Å². The summed E-state index contributed by atoms with van der Waals surface area (Å²) >= 11 is 0. The summed E-state index contributed by atoms with van der Waals surface area (Å²) < 4.78 is 17.6. The highest BCUT2D eigenvalue weighted by atomic mass is 19.1. The van der Waals surface area contributed by atoms with E-state index in [1.54, 1.807) is 12.1 Å². The molecule has 2 fully saturated rings. The van der Waals surface area contributed by atoms with Crippen molar-refractivity contribution in [2.24, 2.45) is 5.92 Å². The quantitative estimate of drug-likeness (QED) is 0.612. The summed E-state index contributed by atoms with van der Waals surface area (Å²) in [6, 6.07) is 7.62. The summed E-state index contributed by atoms with van der Waals surface area (Å²) in [6.45, 7) is 2.73. The maximum absolute atomic E-state index is 12.6. The molecular formula is C24H32FN7O. The summed E-state index contributed by atoms with van der Waals surface area (Å²) in [6.07, 6.45) is 12.0. The summed E-state index contributed by atoms with van der Waals surface area (Å²) in [7, 11) is 0. The number of rotatable bonds is 8. The summed E-state index contributed by atoms with van der Waals surface area (Å²) in [5, 5.41) is 6.72. The van der Waals surface area contributed by atoms with Crippen LogP contribution in [-0.4, -0.2) is 58.9 Å². The van der Waals surface area contributed by atoms with Gasteiger partial charge in [0.25, 0.3) is 0 Å². The highest BCUT2D eigenvalue weighted by molar-refractivity contribution is 5.58. The monoisotopic (exact) mass is 453 g/mol. The van der Waals surface area contributed by atoms with Crippen LogP contribution in [0, 0.1) is 5.92 Å². The molecule has 2 aromatic rings. The Labute approximate surface area is 194 Å². The minimum atomic E-state index is -0.864. The SMILES string of the molecule is FCOc1cccc(Nc2nc(NCC3CCCCC3)nc(N3CCN4C=CCC4C3)n2)c1. The third-order valence-corrected chi connectivity index (χ3v) is 6.72. The zero-order valence-electron chi connectivity index (χ0n) is 18.9. The average Bonchev–Trinajstić information content (AvgIpc) is 3.32. The Kier molecular flexibility index (Phi) is 6.73. The molecule has 2 N–H and O–H groups in total. The van der Waals surface area contributed by atoms with E-state index >= 15 is 0 Å². The molecule has 176 valence electrons. The minimum Gasteiger partial charge on any atom is -0.463 e. The Morgan fingerprint density at radius 3 is 2.82 bits per heavy atom. The van der Waals surface area contributed by atoms with Gasteiger partial charge in [0, 0.05) is 44.0 Å². The Morgan fingerprint density at radius 1 is 1.06 bits per heavy atom. The molecule has 33 heavy (non-hydrogen) atoms. The largest absolute Gasteiger partial charge is 0.463 e. The van der Waals surface area contributed by atoms with Gasteiger partial charge in [-0.25, -0.2) is 4.39 Å². The molecule has 1 aromatic carbocycles. The van der Waals surface area contributed by atoms with E-state index in [0.717, 1.165) is 38.3 Å². The first-order valence-corrected chi connectivity index (χ1v) is 12.0. The molecular weight excluding hydrogens is 421 g/mol. The molecule has 2 aliphatic heterocycles. The lowest BCUT2D eigenvalue weighted by Gasteiger charge is -2.38. The third kappa shape index (κ3) is 5.46. The van der Waals surface area contributed by atoms with Crippen molar-refractivity contribution < 1.29 is 9.13 Å². The highest BCUT2D eigenvalue weighted by Gasteiger charge is 2.29. The number of fused-ring (bicyclic) bond motifs is 1. The van der Waals surface area contributed by atoms with Crippen molar-refractivity contribution in [1.29, 1.82) is 0 Å². The fraction of sp³-hybridized carbons (Fsp3) is 0.542. The summed E-state index contributed by atoms with van der Waals surface area (Å²) in [5.41, 5.74) is 0.737.